The number of benzene rings is 2. The normalized spacial score (nSPS) is 18.9. The Morgan fingerprint density at radius 3 is 2.68 bits per heavy atom. The highest BCUT2D eigenvalue weighted by atomic mass is 32.2. The van der Waals surface area contributed by atoms with Crippen molar-refractivity contribution in [1.29, 1.82) is 0 Å². The fraction of sp³-hybridized carbons (Fsp3) is 0.316. The molecule has 2 aromatic carbocycles. The molecule has 0 aromatic heterocycles. The number of carbonyl (C=O) groups is 1. The number of carboxylic acid groups (broad SMARTS) is 1. The lowest BCUT2D eigenvalue weighted by Gasteiger charge is -2.26. The number of hydrogen-bond donors (Lipinski definition) is 1. The van der Waals surface area contributed by atoms with Crippen LogP contribution in [0.5, 0.6) is 0 Å². The predicted molar refractivity (Wildman–Crippen MR) is 94.7 cm³/mol. The van der Waals surface area contributed by atoms with E-state index >= 15 is 0 Å². The number of fused-ring (bicyclic) bond motifs is 2. The molecule has 5 nitrogen and oxygen atoms in total. The lowest BCUT2D eigenvalue weighted by molar-refractivity contribution is 0.0696. The number of aryl methyl sites for hydroxylation is 1. The van der Waals surface area contributed by atoms with Crippen molar-refractivity contribution in [2.75, 3.05) is 4.31 Å². The highest BCUT2D eigenvalue weighted by molar-refractivity contribution is 7.93. The molecule has 0 unspecified atom stereocenters. The van der Waals surface area contributed by atoms with Crippen molar-refractivity contribution >= 4 is 21.7 Å². The van der Waals surface area contributed by atoms with Crippen LogP contribution in [0.2, 0.25) is 0 Å². The molecule has 0 spiro atoms. The SMILES string of the molecule is C[C@H]1Cc2ccccc2N1S(=O)(=O)c1cc(C(=O)O)cc2c1CCC2. The maximum atomic E-state index is 13.5. The third kappa shape index (κ3) is 2.43. The first-order valence-electron chi connectivity index (χ1n) is 8.41. The highest BCUT2D eigenvalue weighted by Crippen LogP contribution is 2.39. The van der Waals surface area contributed by atoms with Crippen molar-refractivity contribution in [3.05, 3.63) is 58.7 Å². The van der Waals surface area contributed by atoms with E-state index in [0.717, 1.165) is 29.5 Å². The summed E-state index contributed by atoms with van der Waals surface area (Å²) < 4.78 is 28.4. The second-order valence-electron chi connectivity index (χ2n) is 6.75. The van der Waals surface area contributed by atoms with Gasteiger partial charge in [0.15, 0.2) is 0 Å². The molecule has 1 N–H and O–H groups in total. The minimum atomic E-state index is -3.81. The largest absolute Gasteiger partial charge is 0.478 e. The Balaban J connectivity index is 1.91. The third-order valence-corrected chi connectivity index (χ3v) is 7.10. The number of anilines is 1. The number of aromatic carboxylic acids is 1. The van der Waals surface area contributed by atoms with Gasteiger partial charge in [-0.25, -0.2) is 13.2 Å². The number of sulfonamides is 1. The van der Waals surface area contributed by atoms with Crippen LogP contribution >= 0.6 is 0 Å². The molecule has 2 aliphatic rings. The van der Waals surface area contributed by atoms with E-state index in [0.29, 0.717) is 18.5 Å². The summed E-state index contributed by atoms with van der Waals surface area (Å²) in [4.78, 5) is 11.6. The number of carboxylic acids is 1. The van der Waals surface area contributed by atoms with Gasteiger partial charge in [0, 0.05) is 6.04 Å². The Labute approximate surface area is 147 Å². The monoisotopic (exact) mass is 357 g/mol. The van der Waals surface area contributed by atoms with Gasteiger partial charge in [0.25, 0.3) is 10.0 Å². The first-order valence-corrected chi connectivity index (χ1v) is 9.85. The van der Waals surface area contributed by atoms with Crippen molar-refractivity contribution in [2.45, 2.75) is 43.5 Å². The van der Waals surface area contributed by atoms with Gasteiger partial charge in [-0.1, -0.05) is 18.2 Å². The zero-order chi connectivity index (χ0) is 17.8. The molecule has 130 valence electrons. The molecule has 4 rings (SSSR count). The molecular formula is C19H19NO4S. The number of rotatable bonds is 3. The molecule has 0 bridgehead atoms. The molecule has 0 saturated carbocycles. The van der Waals surface area contributed by atoms with Crippen LogP contribution in [0.15, 0.2) is 41.3 Å². The Kier molecular flexibility index (Phi) is 3.61. The first-order chi connectivity index (χ1) is 11.9. The fourth-order valence-electron chi connectivity index (χ4n) is 4.03. The van der Waals surface area contributed by atoms with Crippen LogP contribution < -0.4 is 4.31 Å². The Morgan fingerprint density at radius 1 is 1.16 bits per heavy atom. The topological polar surface area (TPSA) is 74.7 Å². The number of nitrogens with zero attached hydrogens (tertiary/aromatic N) is 1. The average molecular weight is 357 g/mol. The van der Waals surface area contributed by atoms with E-state index in [1.54, 1.807) is 6.07 Å². The molecular weight excluding hydrogens is 338 g/mol. The van der Waals surface area contributed by atoms with Gasteiger partial charge in [-0.15, -0.1) is 0 Å². The zero-order valence-electron chi connectivity index (χ0n) is 13.9. The Hall–Kier alpha value is -2.34. The molecule has 0 fully saturated rings. The van der Waals surface area contributed by atoms with Crippen LogP contribution in [-0.2, 0) is 29.3 Å². The van der Waals surface area contributed by atoms with E-state index in [1.165, 1.54) is 10.4 Å². The summed E-state index contributed by atoms with van der Waals surface area (Å²) in [5, 5.41) is 9.37. The van der Waals surface area contributed by atoms with Crippen molar-refractivity contribution in [1.82, 2.24) is 0 Å². The van der Waals surface area contributed by atoms with Gasteiger partial charge in [0.05, 0.1) is 16.1 Å². The van der Waals surface area contributed by atoms with Gasteiger partial charge in [0.2, 0.25) is 0 Å². The van der Waals surface area contributed by atoms with Crippen LogP contribution in [0.25, 0.3) is 0 Å². The van der Waals surface area contributed by atoms with Gasteiger partial charge in [-0.2, -0.15) is 0 Å². The highest BCUT2D eigenvalue weighted by Gasteiger charge is 2.38. The van der Waals surface area contributed by atoms with Crippen molar-refractivity contribution in [2.24, 2.45) is 0 Å². The summed E-state index contributed by atoms with van der Waals surface area (Å²) in [6.45, 7) is 1.89. The van der Waals surface area contributed by atoms with E-state index in [9.17, 15) is 18.3 Å². The summed E-state index contributed by atoms with van der Waals surface area (Å²) in [5.74, 6) is -1.10. The van der Waals surface area contributed by atoms with Gasteiger partial charge >= 0.3 is 5.97 Å². The zero-order valence-corrected chi connectivity index (χ0v) is 14.7. The maximum Gasteiger partial charge on any atom is 0.335 e. The summed E-state index contributed by atoms with van der Waals surface area (Å²) in [6, 6.07) is 10.3. The summed E-state index contributed by atoms with van der Waals surface area (Å²) in [5.41, 5.74) is 3.37. The predicted octanol–water partition coefficient (Wildman–Crippen LogP) is 3.01. The van der Waals surface area contributed by atoms with Crippen LogP contribution in [0, 0.1) is 0 Å². The Morgan fingerprint density at radius 2 is 1.92 bits per heavy atom. The van der Waals surface area contributed by atoms with Crippen molar-refractivity contribution in [3.63, 3.8) is 0 Å². The standard InChI is InChI=1S/C19H19NO4S/c1-12-9-14-5-2-3-8-17(14)20(12)25(23,24)18-11-15(19(21)22)10-13-6-4-7-16(13)18/h2-3,5,8,10-12H,4,6-7,9H2,1H3,(H,21,22)/t12-/m0/s1. The Bertz CT molecular complexity index is 981. The van der Waals surface area contributed by atoms with Crippen LogP contribution in [0.4, 0.5) is 5.69 Å². The third-order valence-electron chi connectivity index (χ3n) is 5.10. The van der Waals surface area contributed by atoms with Crippen LogP contribution in [-0.4, -0.2) is 25.5 Å². The summed E-state index contributed by atoms with van der Waals surface area (Å²) >= 11 is 0. The van der Waals surface area contributed by atoms with E-state index in [1.807, 2.05) is 31.2 Å². The van der Waals surface area contributed by atoms with Crippen LogP contribution in [0.1, 0.15) is 40.4 Å². The molecule has 0 saturated heterocycles. The molecule has 0 radical (unpaired) electrons. The molecule has 0 amide bonds. The lowest BCUT2D eigenvalue weighted by atomic mass is 10.1. The van der Waals surface area contributed by atoms with Crippen molar-refractivity contribution in [3.8, 4) is 0 Å². The summed E-state index contributed by atoms with van der Waals surface area (Å²) in [7, 11) is -3.81. The smallest absolute Gasteiger partial charge is 0.335 e. The van der Waals surface area contributed by atoms with Crippen LogP contribution in [0.3, 0.4) is 0 Å². The van der Waals surface area contributed by atoms with E-state index in [-0.39, 0.29) is 16.5 Å². The minimum absolute atomic E-state index is 0.0411. The molecule has 6 heteroatoms. The minimum Gasteiger partial charge on any atom is -0.478 e. The number of hydrogen-bond acceptors (Lipinski definition) is 3. The maximum absolute atomic E-state index is 13.5. The molecule has 1 aliphatic carbocycles. The second kappa shape index (κ2) is 5.59. The molecule has 1 atom stereocenters. The summed E-state index contributed by atoms with van der Waals surface area (Å²) in [6.07, 6.45) is 2.92. The van der Waals surface area contributed by atoms with Gasteiger partial charge in [-0.3, -0.25) is 4.31 Å². The number of para-hydroxylation sites is 1. The first kappa shape index (κ1) is 16.1. The lowest BCUT2D eigenvalue weighted by Crippen LogP contribution is -2.36. The molecule has 1 heterocycles. The quantitative estimate of drug-likeness (QED) is 0.916. The second-order valence-corrected chi connectivity index (χ2v) is 8.54. The molecule has 1 aliphatic heterocycles. The fourth-order valence-corrected chi connectivity index (χ4v) is 6.05. The van der Waals surface area contributed by atoms with E-state index in [2.05, 4.69) is 0 Å². The van der Waals surface area contributed by atoms with E-state index in [4.69, 9.17) is 0 Å². The van der Waals surface area contributed by atoms with Crippen molar-refractivity contribution < 1.29 is 18.3 Å². The molecule has 2 aromatic rings. The van der Waals surface area contributed by atoms with Gasteiger partial charge < -0.3 is 5.11 Å². The van der Waals surface area contributed by atoms with Gasteiger partial charge in [0.1, 0.15) is 0 Å². The molecule has 25 heavy (non-hydrogen) atoms. The van der Waals surface area contributed by atoms with E-state index < -0.39 is 16.0 Å². The average Bonchev–Trinajstić information content (AvgIpc) is 3.16. The van der Waals surface area contributed by atoms with Gasteiger partial charge in [-0.05, 0) is 67.5 Å².